The molecular formula is C22H18NO4P. The van der Waals surface area contributed by atoms with Crippen molar-refractivity contribution in [1.29, 1.82) is 0 Å². The molecule has 0 aliphatic heterocycles. The van der Waals surface area contributed by atoms with Crippen molar-refractivity contribution in [2.75, 3.05) is 6.16 Å². The third-order valence-corrected chi connectivity index (χ3v) is 5.52. The third-order valence-electron chi connectivity index (χ3n) is 4.72. The van der Waals surface area contributed by atoms with Crippen molar-refractivity contribution in [2.45, 2.75) is 6.42 Å². The molecular weight excluding hydrogens is 373 g/mol. The second kappa shape index (κ2) is 7.28. The molecule has 0 amide bonds. The quantitative estimate of drug-likeness (QED) is 0.377. The van der Waals surface area contributed by atoms with Gasteiger partial charge in [-0.05, 0) is 22.4 Å². The number of rotatable bonds is 5. The summed E-state index contributed by atoms with van der Waals surface area (Å²) in [6.07, 6.45) is -0.713. The van der Waals surface area contributed by atoms with Crippen molar-refractivity contribution in [3.63, 3.8) is 0 Å². The lowest BCUT2D eigenvalue weighted by Crippen LogP contribution is -2.05. The number of benzene rings is 3. The van der Waals surface area contributed by atoms with Crippen LogP contribution in [-0.2, 0) is 4.57 Å². The van der Waals surface area contributed by atoms with Crippen molar-refractivity contribution < 1.29 is 19.1 Å². The molecule has 1 aromatic heterocycles. The van der Waals surface area contributed by atoms with Gasteiger partial charge in [-0.15, -0.1) is 0 Å². The zero-order chi connectivity index (χ0) is 19.7. The molecule has 0 aliphatic rings. The van der Waals surface area contributed by atoms with Gasteiger partial charge in [0.25, 0.3) is 0 Å². The van der Waals surface area contributed by atoms with Gasteiger partial charge in [-0.2, -0.15) is 0 Å². The lowest BCUT2D eigenvalue weighted by molar-refractivity contribution is 0.0982. The Morgan fingerprint density at radius 1 is 0.821 bits per heavy atom. The van der Waals surface area contributed by atoms with Crippen molar-refractivity contribution in [1.82, 2.24) is 4.98 Å². The van der Waals surface area contributed by atoms with E-state index < -0.39 is 13.8 Å². The predicted octanol–water partition coefficient (Wildman–Crippen LogP) is 4.81. The monoisotopic (exact) mass is 391 g/mol. The largest absolute Gasteiger partial charge is 0.326 e. The van der Waals surface area contributed by atoms with Crippen molar-refractivity contribution in [3.8, 4) is 11.1 Å². The normalized spacial score (nSPS) is 11.8. The topological polar surface area (TPSA) is 87.5 Å². The molecule has 4 aromatic rings. The number of aromatic nitrogens is 1. The molecule has 2 N–H and O–H groups in total. The number of carbonyl (C=O) groups is 1. The van der Waals surface area contributed by atoms with Crippen LogP contribution >= 0.6 is 7.60 Å². The Kier molecular flexibility index (Phi) is 4.82. The van der Waals surface area contributed by atoms with Gasteiger partial charge in [0, 0.05) is 17.4 Å². The number of hydrogen-bond donors (Lipinski definition) is 2. The second-order valence-electron chi connectivity index (χ2n) is 6.66. The molecule has 0 spiro atoms. The minimum atomic E-state index is -4.22. The fourth-order valence-corrected chi connectivity index (χ4v) is 3.85. The number of Topliss-reactive ketones (excluding diaryl/α,β-unsaturated/α-hetero) is 1. The molecule has 0 fully saturated rings. The van der Waals surface area contributed by atoms with Crippen molar-refractivity contribution in [2.24, 2.45) is 0 Å². The lowest BCUT2D eigenvalue weighted by Gasteiger charge is -2.11. The van der Waals surface area contributed by atoms with Gasteiger partial charge >= 0.3 is 7.60 Å². The van der Waals surface area contributed by atoms with E-state index in [1.165, 1.54) is 0 Å². The first kappa shape index (κ1) is 18.5. The van der Waals surface area contributed by atoms with Crippen molar-refractivity contribution >= 4 is 35.1 Å². The van der Waals surface area contributed by atoms with E-state index in [2.05, 4.69) is 23.2 Å². The highest BCUT2D eigenvalue weighted by molar-refractivity contribution is 7.51. The number of hydrogen-bond acceptors (Lipinski definition) is 3. The maximum atomic E-state index is 12.4. The molecule has 4 rings (SSSR count). The maximum Gasteiger partial charge on any atom is 0.326 e. The first-order valence-electron chi connectivity index (χ1n) is 8.88. The van der Waals surface area contributed by atoms with E-state index in [0.717, 1.165) is 27.3 Å². The van der Waals surface area contributed by atoms with Gasteiger partial charge in [-0.25, -0.2) is 4.98 Å². The Hall–Kier alpha value is -2.85. The zero-order valence-corrected chi connectivity index (χ0v) is 15.8. The summed E-state index contributed by atoms with van der Waals surface area (Å²) in [6, 6.07) is 23.4. The first-order valence-corrected chi connectivity index (χ1v) is 10.7. The molecule has 0 saturated heterocycles. The molecule has 140 valence electrons. The van der Waals surface area contributed by atoms with Crippen LogP contribution in [0.5, 0.6) is 0 Å². The van der Waals surface area contributed by atoms with Crippen LogP contribution in [0.3, 0.4) is 0 Å². The number of ketones is 1. The van der Waals surface area contributed by atoms with Gasteiger partial charge in [0.1, 0.15) is 5.69 Å². The smallest absolute Gasteiger partial charge is 0.324 e. The first-order chi connectivity index (χ1) is 13.4. The summed E-state index contributed by atoms with van der Waals surface area (Å²) in [4.78, 5) is 35.0. The highest BCUT2D eigenvalue weighted by atomic mass is 31.2. The van der Waals surface area contributed by atoms with Crippen molar-refractivity contribution in [3.05, 3.63) is 78.5 Å². The molecule has 28 heavy (non-hydrogen) atoms. The van der Waals surface area contributed by atoms with Crippen LogP contribution in [0.25, 0.3) is 32.8 Å². The molecule has 6 heteroatoms. The summed E-state index contributed by atoms with van der Waals surface area (Å²) in [6.45, 7) is 0. The van der Waals surface area contributed by atoms with Gasteiger partial charge < -0.3 is 9.79 Å². The van der Waals surface area contributed by atoms with Crippen LogP contribution in [0.4, 0.5) is 0 Å². The van der Waals surface area contributed by atoms with Gasteiger partial charge in [0.15, 0.2) is 5.78 Å². The van der Waals surface area contributed by atoms with E-state index in [1.54, 1.807) is 6.07 Å². The predicted molar refractivity (Wildman–Crippen MR) is 111 cm³/mol. The maximum absolute atomic E-state index is 12.4. The molecule has 0 aliphatic carbocycles. The minimum Gasteiger partial charge on any atom is -0.324 e. The third kappa shape index (κ3) is 3.73. The number of pyridine rings is 1. The summed E-state index contributed by atoms with van der Waals surface area (Å²) in [5, 5.41) is 3.11. The van der Waals surface area contributed by atoms with Crippen LogP contribution in [-0.4, -0.2) is 26.7 Å². The van der Waals surface area contributed by atoms with Gasteiger partial charge in [0.2, 0.25) is 0 Å². The van der Waals surface area contributed by atoms with Crippen LogP contribution < -0.4 is 0 Å². The highest BCUT2D eigenvalue weighted by Crippen LogP contribution is 2.36. The van der Waals surface area contributed by atoms with Gasteiger partial charge in [-0.3, -0.25) is 9.36 Å². The Morgan fingerprint density at radius 2 is 1.50 bits per heavy atom. The summed E-state index contributed by atoms with van der Waals surface area (Å²) in [5.41, 5.74) is 2.85. The number of fused-ring (bicyclic) bond motifs is 2. The number of nitrogens with zero attached hydrogens (tertiary/aromatic N) is 1. The average molecular weight is 391 g/mol. The standard InChI is InChI=1S/C22H18NO4P/c24-21(13-14-28(25,26)27)20-12-11-16-7-4-10-19(22(16)23-20)18-9-3-6-15-5-1-2-8-17(15)18/h1-12H,13-14H2,(H2,25,26,27). The summed E-state index contributed by atoms with van der Waals surface area (Å²) >= 11 is 0. The van der Waals surface area contributed by atoms with Gasteiger partial charge in [-0.1, -0.05) is 66.7 Å². The van der Waals surface area contributed by atoms with Crippen LogP contribution in [0.1, 0.15) is 16.9 Å². The summed E-state index contributed by atoms with van der Waals surface area (Å²) < 4.78 is 11.1. The minimum absolute atomic E-state index is 0.216. The Bertz CT molecular complexity index is 1240. The molecule has 5 nitrogen and oxygen atoms in total. The molecule has 0 bridgehead atoms. The van der Waals surface area contributed by atoms with Gasteiger partial charge in [0.05, 0.1) is 11.7 Å². The van der Waals surface area contributed by atoms with E-state index in [1.807, 2.05) is 48.5 Å². The number of carbonyl (C=O) groups excluding carboxylic acids is 1. The fourth-order valence-electron chi connectivity index (χ4n) is 3.36. The average Bonchev–Trinajstić information content (AvgIpc) is 2.70. The van der Waals surface area contributed by atoms with E-state index in [-0.39, 0.29) is 17.9 Å². The highest BCUT2D eigenvalue weighted by Gasteiger charge is 2.18. The van der Waals surface area contributed by atoms with E-state index >= 15 is 0 Å². The molecule has 1 heterocycles. The Balaban J connectivity index is 1.83. The SMILES string of the molecule is O=C(CCP(=O)(O)O)c1ccc2cccc(-c3cccc4ccccc34)c2n1. The summed E-state index contributed by atoms with van der Waals surface area (Å²) in [5.74, 6) is -0.377. The van der Waals surface area contributed by atoms with Crippen LogP contribution in [0, 0.1) is 0 Å². The Morgan fingerprint density at radius 3 is 2.29 bits per heavy atom. The lowest BCUT2D eigenvalue weighted by atomic mass is 9.96. The van der Waals surface area contributed by atoms with E-state index in [4.69, 9.17) is 9.79 Å². The van der Waals surface area contributed by atoms with Crippen LogP contribution in [0.15, 0.2) is 72.8 Å². The van der Waals surface area contributed by atoms with Crippen LogP contribution in [0.2, 0.25) is 0 Å². The number of para-hydroxylation sites is 1. The van der Waals surface area contributed by atoms with E-state index in [0.29, 0.717) is 5.52 Å². The van der Waals surface area contributed by atoms with E-state index in [9.17, 15) is 9.36 Å². The second-order valence-corrected chi connectivity index (χ2v) is 8.44. The molecule has 0 unspecified atom stereocenters. The molecule has 0 radical (unpaired) electrons. The fraction of sp³-hybridized carbons (Fsp3) is 0.0909. The summed E-state index contributed by atoms with van der Waals surface area (Å²) in [7, 11) is -4.22. The zero-order valence-electron chi connectivity index (χ0n) is 14.9. The molecule has 0 atom stereocenters. The molecule has 3 aromatic carbocycles. The molecule has 0 saturated carbocycles. The Labute approximate surface area is 161 Å².